The summed E-state index contributed by atoms with van der Waals surface area (Å²) in [4.78, 5) is 0. The van der Waals surface area contributed by atoms with Crippen LogP contribution in [0.3, 0.4) is 0 Å². The van der Waals surface area contributed by atoms with Gasteiger partial charge in [0.2, 0.25) is 5.69 Å². The Hall–Kier alpha value is -2.93. The molecule has 3 aromatic carbocycles. The van der Waals surface area contributed by atoms with E-state index in [4.69, 9.17) is 0 Å². The third-order valence-electron chi connectivity index (χ3n) is 5.83. The van der Waals surface area contributed by atoms with Crippen LogP contribution in [0, 0.1) is 13.8 Å². The van der Waals surface area contributed by atoms with Gasteiger partial charge in [-0.2, -0.15) is 4.57 Å². The van der Waals surface area contributed by atoms with Gasteiger partial charge in [-0.1, -0.05) is 62.4 Å². The molecule has 0 aliphatic rings. The summed E-state index contributed by atoms with van der Waals surface area (Å²) in [5.41, 5.74) is 9.12. The van der Waals surface area contributed by atoms with Crippen LogP contribution in [-0.2, 0) is 7.05 Å². The molecule has 0 spiro atoms. The highest BCUT2D eigenvalue weighted by Gasteiger charge is 2.20. The van der Waals surface area contributed by atoms with E-state index in [9.17, 15) is 0 Å². The van der Waals surface area contributed by atoms with Crippen LogP contribution < -0.4 is 4.57 Å². The Kier molecular flexibility index (Phi) is 4.77. The first-order valence-electron chi connectivity index (χ1n) is 10.1. The van der Waals surface area contributed by atoms with Crippen molar-refractivity contribution in [2.45, 2.75) is 33.6 Å². The first-order chi connectivity index (χ1) is 13.5. The Bertz CT molecular complexity index is 1150. The SMILES string of the molecule is Cc1ccc(C(C)C)cc1-c1c2ccc(-c3ccccc3)cc2cc(C)[n+]1C. The maximum Gasteiger partial charge on any atom is 0.220 e. The molecule has 0 bridgehead atoms. The van der Waals surface area contributed by atoms with Crippen LogP contribution in [-0.4, -0.2) is 0 Å². The highest BCUT2D eigenvalue weighted by atomic mass is 14.9. The Balaban J connectivity index is 1.99. The van der Waals surface area contributed by atoms with Crippen LogP contribution in [0.4, 0.5) is 0 Å². The van der Waals surface area contributed by atoms with E-state index < -0.39 is 0 Å². The van der Waals surface area contributed by atoms with Gasteiger partial charge in [0.25, 0.3) is 0 Å². The smallest absolute Gasteiger partial charge is 0.198 e. The third kappa shape index (κ3) is 3.22. The van der Waals surface area contributed by atoms with Crippen LogP contribution in [0.25, 0.3) is 33.2 Å². The van der Waals surface area contributed by atoms with Crippen molar-refractivity contribution in [1.29, 1.82) is 0 Å². The van der Waals surface area contributed by atoms with E-state index in [1.807, 2.05) is 0 Å². The molecule has 1 aromatic heterocycles. The predicted octanol–water partition coefficient (Wildman–Crippen LogP) is 6.74. The second-order valence-corrected chi connectivity index (χ2v) is 8.09. The molecule has 140 valence electrons. The largest absolute Gasteiger partial charge is 0.220 e. The number of aryl methyl sites for hydroxylation is 2. The molecule has 0 aliphatic heterocycles. The van der Waals surface area contributed by atoms with E-state index in [0.717, 1.165) is 0 Å². The average molecular weight is 367 g/mol. The van der Waals surface area contributed by atoms with Gasteiger partial charge < -0.3 is 0 Å². The summed E-state index contributed by atoms with van der Waals surface area (Å²) in [7, 11) is 2.18. The molecule has 0 N–H and O–H groups in total. The number of hydrogen-bond acceptors (Lipinski definition) is 0. The van der Waals surface area contributed by atoms with Crippen LogP contribution >= 0.6 is 0 Å². The van der Waals surface area contributed by atoms with Gasteiger partial charge in [0.15, 0.2) is 5.69 Å². The van der Waals surface area contributed by atoms with Crippen molar-refractivity contribution >= 4 is 10.8 Å². The molecule has 0 saturated heterocycles. The van der Waals surface area contributed by atoms with Gasteiger partial charge in [-0.05, 0) is 58.7 Å². The maximum atomic E-state index is 2.37. The van der Waals surface area contributed by atoms with Crippen molar-refractivity contribution in [3.8, 4) is 22.4 Å². The minimum atomic E-state index is 0.519. The van der Waals surface area contributed by atoms with Gasteiger partial charge in [0.05, 0.1) is 5.39 Å². The van der Waals surface area contributed by atoms with Gasteiger partial charge in [-0.25, -0.2) is 0 Å². The van der Waals surface area contributed by atoms with Crippen molar-refractivity contribution in [3.05, 3.63) is 89.6 Å². The zero-order chi connectivity index (χ0) is 19.8. The lowest BCUT2D eigenvalue weighted by molar-refractivity contribution is -0.665. The van der Waals surface area contributed by atoms with Crippen molar-refractivity contribution in [1.82, 2.24) is 0 Å². The first kappa shape index (κ1) is 18.4. The molecule has 4 aromatic rings. The van der Waals surface area contributed by atoms with Crippen molar-refractivity contribution in [3.63, 3.8) is 0 Å². The molecule has 0 saturated carbocycles. The molecule has 0 fully saturated rings. The topological polar surface area (TPSA) is 3.88 Å². The van der Waals surface area contributed by atoms with Gasteiger partial charge in [-0.3, -0.25) is 0 Å². The third-order valence-corrected chi connectivity index (χ3v) is 5.83. The number of aromatic nitrogens is 1. The first-order valence-corrected chi connectivity index (χ1v) is 10.1. The summed E-state index contributed by atoms with van der Waals surface area (Å²) in [6, 6.07) is 26.7. The second kappa shape index (κ2) is 7.24. The average Bonchev–Trinajstić information content (AvgIpc) is 2.70. The molecule has 1 heterocycles. The van der Waals surface area contributed by atoms with E-state index in [-0.39, 0.29) is 0 Å². The molecular weight excluding hydrogens is 338 g/mol. The number of nitrogens with zero attached hydrogens (tertiary/aromatic N) is 1. The fourth-order valence-electron chi connectivity index (χ4n) is 3.97. The van der Waals surface area contributed by atoms with Crippen LogP contribution in [0.15, 0.2) is 72.8 Å². The fraction of sp³-hybridized carbons (Fsp3) is 0.222. The monoisotopic (exact) mass is 366 g/mol. The van der Waals surface area contributed by atoms with Gasteiger partial charge in [0, 0.05) is 18.6 Å². The summed E-state index contributed by atoms with van der Waals surface area (Å²) in [6.07, 6.45) is 0. The fourth-order valence-corrected chi connectivity index (χ4v) is 3.97. The van der Waals surface area contributed by atoms with Gasteiger partial charge in [0.1, 0.15) is 7.05 Å². The lowest BCUT2D eigenvalue weighted by Crippen LogP contribution is -2.35. The van der Waals surface area contributed by atoms with Crippen LogP contribution in [0.2, 0.25) is 0 Å². The van der Waals surface area contributed by atoms with Crippen LogP contribution in [0.5, 0.6) is 0 Å². The predicted molar refractivity (Wildman–Crippen MR) is 120 cm³/mol. The molecule has 4 rings (SSSR count). The number of fused-ring (bicyclic) bond motifs is 1. The van der Waals surface area contributed by atoms with Gasteiger partial charge in [-0.15, -0.1) is 0 Å². The quantitative estimate of drug-likeness (QED) is 0.354. The molecule has 0 atom stereocenters. The minimum absolute atomic E-state index is 0.519. The Morgan fingerprint density at radius 2 is 1.50 bits per heavy atom. The summed E-state index contributed by atoms with van der Waals surface area (Å²) < 4.78 is 2.33. The minimum Gasteiger partial charge on any atom is -0.198 e. The molecule has 1 nitrogen and oxygen atoms in total. The maximum absolute atomic E-state index is 2.37. The number of benzene rings is 3. The van der Waals surface area contributed by atoms with Crippen molar-refractivity contribution < 1.29 is 4.57 Å². The molecule has 0 aliphatic carbocycles. The van der Waals surface area contributed by atoms with E-state index in [2.05, 4.69) is 112 Å². The lowest BCUT2D eigenvalue weighted by Gasteiger charge is -2.14. The zero-order valence-corrected chi connectivity index (χ0v) is 17.5. The van der Waals surface area contributed by atoms with E-state index >= 15 is 0 Å². The molecular formula is C27H28N+. The normalized spacial score (nSPS) is 11.4. The van der Waals surface area contributed by atoms with Gasteiger partial charge >= 0.3 is 0 Å². The summed E-state index contributed by atoms with van der Waals surface area (Å²) >= 11 is 0. The summed E-state index contributed by atoms with van der Waals surface area (Å²) in [5.74, 6) is 0.519. The highest BCUT2D eigenvalue weighted by molar-refractivity contribution is 5.96. The van der Waals surface area contributed by atoms with E-state index in [1.54, 1.807) is 0 Å². The van der Waals surface area contributed by atoms with E-state index in [0.29, 0.717) is 5.92 Å². The molecule has 0 radical (unpaired) electrons. The number of rotatable bonds is 3. The van der Waals surface area contributed by atoms with Crippen LogP contribution in [0.1, 0.15) is 36.6 Å². The number of pyridine rings is 1. The van der Waals surface area contributed by atoms with Crippen molar-refractivity contribution in [2.24, 2.45) is 7.05 Å². The Morgan fingerprint density at radius 3 is 2.21 bits per heavy atom. The van der Waals surface area contributed by atoms with Crippen molar-refractivity contribution in [2.75, 3.05) is 0 Å². The summed E-state index contributed by atoms with van der Waals surface area (Å²) in [6.45, 7) is 8.93. The van der Waals surface area contributed by atoms with E-state index in [1.165, 1.54) is 50.0 Å². The molecule has 0 amide bonds. The lowest BCUT2D eigenvalue weighted by atomic mass is 9.92. The Morgan fingerprint density at radius 1 is 0.750 bits per heavy atom. The number of hydrogen-bond donors (Lipinski definition) is 0. The standard InChI is InChI=1S/C27H28N/c1-18(2)22-12-11-19(3)26(17-22)27-25-14-13-23(21-9-7-6-8-10-21)16-24(25)15-20(4)28(27)5/h6-18H,1-5H3/q+1. The molecule has 0 unspecified atom stereocenters. The zero-order valence-electron chi connectivity index (χ0n) is 17.5. The second-order valence-electron chi connectivity index (χ2n) is 8.09. The molecule has 28 heavy (non-hydrogen) atoms. The molecule has 1 heteroatoms. The summed E-state index contributed by atoms with van der Waals surface area (Å²) in [5, 5.41) is 2.60. The Labute approximate surface area is 168 Å². The highest BCUT2D eigenvalue weighted by Crippen LogP contribution is 2.33.